The average Bonchev–Trinajstić information content (AvgIpc) is 2.42. The minimum absolute atomic E-state index is 0.0506. The molecule has 114 valence electrons. The molecular weight excluding hydrogens is 253 g/mol. The summed E-state index contributed by atoms with van der Waals surface area (Å²) in [5, 5.41) is 3.51. The summed E-state index contributed by atoms with van der Waals surface area (Å²) >= 11 is 0. The Kier molecular flexibility index (Phi) is 6.56. The lowest BCUT2D eigenvalue weighted by atomic mass is 9.86. The molecule has 1 aromatic rings. The molecule has 3 nitrogen and oxygen atoms in total. The third kappa shape index (κ3) is 3.76. The van der Waals surface area contributed by atoms with Crippen LogP contribution in [0.2, 0.25) is 0 Å². The monoisotopic (exact) mass is 281 g/mol. The van der Waals surface area contributed by atoms with Gasteiger partial charge in [-0.2, -0.15) is 0 Å². The van der Waals surface area contributed by atoms with E-state index in [9.17, 15) is 4.39 Å². The van der Waals surface area contributed by atoms with Gasteiger partial charge in [0, 0.05) is 17.3 Å². The van der Waals surface area contributed by atoms with Gasteiger partial charge in [0.05, 0.1) is 12.2 Å². The Morgan fingerprint density at radius 3 is 2.45 bits per heavy atom. The summed E-state index contributed by atoms with van der Waals surface area (Å²) in [6.45, 7) is 13.5. The first kappa shape index (κ1) is 17.1. The highest BCUT2D eigenvalue weighted by molar-refractivity contribution is 5.22. The molecule has 1 atom stereocenters. The standard InChI is InChI=1S/C16H28FN3/c1-6-10-19-15(13-9-11-18-12-14(13)17)16(4,5)20(7-2)8-3/h9,11-12,15,19H,6-8,10H2,1-5H3. The lowest BCUT2D eigenvalue weighted by Crippen LogP contribution is -2.53. The van der Waals surface area contributed by atoms with E-state index in [0.717, 1.165) is 26.1 Å². The van der Waals surface area contributed by atoms with Gasteiger partial charge in [0.1, 0.15) is 5.82 Å². The van der Waals surface area contributed by atoms with E-state index in [1.807, 2.05) is 0 Å². The molecule has 0 amide bonds. The van der Waals surface area contributed by atoms with E-state index < -0.39 is 0 Å². The number of pyridine rings is 1. The second-order valence-electron chi connectivity index (χ2n) is 5.61. The second-order valence-corrected chi connectivity index (χ2v) is 5.61. The predicted molar refractivity (Wildman–Crippen MR) is 82.2 cm³/mol. The maximum atomic E-state index is 14.1. The van der Waals surface area contributed by atoms with Crippen LogP contribution in [0, 0.1) is 5.82 Å². The molecule has 0 aliphatic carbocycles. The number of aromatic nitrogens is 1. The molecule has 20 heavy (non-hydrogen) atoms. The van der Waals surface area contributed by atoms with Crippen LogP contribution in [0.4, 0.5) is 4.39 Å². The van der Waals surface area contributed by atoms with Gasteiger partial charge in [0.25, 0.3) is 0 Å². The van der Waals surface area contributed by atoms with Crippen LogP contribution >= 0.6 is 0 Å². The summed E-state index contributed by atoms with van der Waals surface area (Å²) in [6.07, 6.45) is 3.99. The molecule has 0 aliphatic rings. The van der Waals surface area contributed by atoms with Gasteiger partial charge in [-0.15, -0.1) is 0 Å². The molecule has 0 radical (unpaired) electrons. The Balaban J connectivity index is 3.14. The Morgan fingerprint density at radius 1 is 1.30 bits per heavy atom. The Labute approximate surface area is 122 Å². The molecule has 1 N–H and O–H groups in total. The molecule has 0 bridgehead atoms. The van der Waals surface area contributed by atoms with Crippen molar-refractivity contribution in [3.63, 3.8) is 0 Å². The number of likely N-dealkylation sites (N-methyl/N-ethyl adjacent to an activating group) is 1. The number of rotatable bonds is 8. The number of hydrogen-bond donors (Lipinski definition) is 1. The number of hydrogen-bond acceptors (Lipinski definition) is 3. The fraction of sp³-hybridized carbons (Fsp3) is 0.688. The van der Waals surface area contributed by atoms with Crippen molar-refractivity contribution in [1.82, 2.24) is 15.2 Å². The zero-order valence-electron chi connectivity index (χ0n) is 13.4. The van der Waals surface area contributed by atoms with Gasteiger partial charge in [-0.25, -0.2) is 4.39 Å². The molecule has 4 heteroatoms. The molecule has 0 aliphatic heterocycles. The minimum atomic E-state index is -0.235. The van der Waals surface area contributed by atoms with Gasteiger partial charge in [-0.1, -0.05) is 20.8 Å². The molecule has 1 heterocycles. The fourth-order valence-corrected chi connectivity index (χ4v) is 2.87. The number of halogens is 1. The van der Waals surface area contributed by atoms with E-state index in [2.05, 4.69) is 49.8 Å². The van der Waals surface area contributed by atoms with Gasteiger partial charge in [0.2, 0.25) is 0 Å². The Bertz CT molecular complexity index is 402. The molecule has 0 spiro atoms. The molecule has 1 aromatic heterocycles. The van der Waals surface area contributed by atoms with Crippen molar-refractivity contribution >= 4 is 0 Å². The lowest BCUT2D eigenvalue weighted by Gasteiger charge is -2.44. The third-order valence-corrected chi connectivity index (χ3v) is 4.00. The molecule has 0 fully saturated rings. The van der Waals surface area contributed by atoms with E-state index in [1.165, 1.54) is 6.20 Å². The molecule has 1 rings (SSSR count). The summed E-state index contributed by atoms with van der Waals surface area (Å²) in [5.41, 5.74) is 0.534. The quantitative estimate of drug-likeness (QED) is 0.792. The smallest absolute Gasteiger partial charge is 0.146 e. The molecule has 1 unspecified atom stereocenters. The van der Waals surface area contributed by atoms with Crippen molar-refractivity contribution in [2.24, 2.45) is 0 Å². The van der Waals surface area contributed by atoms with E-state index in [-0.39, 0.29) is 17.4 Å². The van der Waals surface area contributed by atoms with Crippen LogP contribution in [-0.4, -0.2) is 35.1 Å². The van der Waals surface area contributed by atoms with Gasteiger partial charge in [0.15, 0.2) is 0 Å². The van der Waals surface area contributed by atoms with Crippen molar-refractivity contribution in [1.29, 1.82) is 0 Å². The molecule has 0 saturated heterocycles. The average molecular weight is 281 g/mol. The highest BCUT2D eigenvalue weighted by atomic mass is 19.1. The maximum Gasteiger partial charge on any atom is 0.146 e. The van der Waals surface area contributed by atoms with Gasteiger partial charge < -0.3 is 5.32 Å². The van der Waals surface area contributed by atoms with Crippen molar-refractivity contribution < 1.29 is 4.39 Å². The molecule has 0 saturated carbocycles. The molecular formula is C16H28FN3. The van der Waals surface area contributed by atoms with E-state index in [1.54, 1.807) is 12.3 Å². The van der Waals surface area contributed by atoms with Crippen LogP contribution in [0.5, 0.6) is 0 Å². The van der Waals surface area contributed by atoms with Crippen LogP contribution < -0.4 is 5.32 Å². The zero-order chi connectivity index (χ0) is 15.2. The SMILES string of the molecule is CCCNC(c1ccncc1F)C(C)(C)N(CC)CC. The van der Waals surface area contributed by atoms with Crippen molar-refractivity contribution in [2.75, 3.05) is 19.6 Å². The topological polar surface area (TPSA) is 28.2 Å². The summed E-state index contributed by atoms with van der Waals surface area (Å²) < 4.78 is 14.1. The normalized spacial score (nSPS) is 13.8. The van der Waals surface area contributed by atoms with E-state index in [4.69, 9.17) is 0 Å². The highest BCUT2D eigenvalue weighted by Crippen LogP contribution is 2.32. The molecule has 0 aromatic carbocycles. The van der Waals surface area contributed by atoms with Gasteiger partial charge in [-0.05, 0) is 46.0 Å². The summed E-state index contributed by atoms with van der Waals surface area (Å²) in [7, 11) is 0. The predicted octanol–water partition coefficient (Wildman–Crippen LogP) is 3.38. The van der Waals surface area contributed by atoms with Crippen LogP contribution in [-0.2, 0) is 0 Å². The van der Waals surface area contributed by atoms with Crippen molar-refractivity contribution in [2.45, 2.75) is 52.6 Å². The Hall–Kier alpha value is -1.00. The summed E-state index contributed by atoms with van der Waals surface area (Å²) in [6, 6.07) is 1.74. The zero-order valence-corrected chi connectivity index (χ0v) is 13.4. The van der Waals surface area contributed by atoms with Crippen molar-refractivity contribution in [3.05, 3.63) is 29.8 Å². The van der Waals surface area contributed by atoms with Gasteiger partial charge in [-0.3, -0.25) is 9.88 Å². The summed E-state index contributed by atoms with van der Waals surface area (Å²) in [5.74, 6) is -0.235. The van der Waals surface area contributed by atoms with Crippen LogP contribution in [0.3, 0.4) is 0 Å². The van der Waals surface area contributed by atoms with Crippen LogP contribution in [0.1, 0.15) is 52.6 Å². The largest absolute Gasteiger partial charge is 0.308 e. The second kappa shape index (κ2) is 7.70. The fourth-order valence-electron chi connectivity index (χ4n) is 2.87. The van der Waals surface area contributed by atoms with Crippen LogP contribution in [0.15, 0.2) is 18.5 Å². The van der Waals surface area contributed by atoms with E-state index >= 15 is 0 Å². The third-order valence-electron chi connectivity index (χ3n) is 4.00. The first-order valence-corrected chi connectivity index (χ1v) is 7.56. The minimum Gasteiger partial charge on any atom is -0.308 e. The summed E-state index contributed by atoms with van der Waals surface area (Å²) in [4.78, 5) is 6.22. The Morgan fingerprint density at radius 2 is 1.95 bits per heavy atom. The number of nitrogens with one attached hydrogen (secondary N) is 1. The van der Waals surface area contributed by atoms with Crippen molar-refractivity contribution in [3.8, 4) is 0 Å². The van der Waals surface area contributed by atoms with E-state index in [0.29, 0.717) is 5.56 Å². The van der Waals surface area contributed by atoms with Gasteiger partial charge >= 0.3 is 0 Å². The maximum absolute atomic E-state index is 14.1. The first-order chi connectivity index (χ1) is 9.48. The van der Waals surface area contributed by atoms with Crippen LogP contribution in [0.25, 0.3) is 0 Å². The first-order valence-electron chi connectivity index (χ1n) is 7.56. The lowest BCUT2D eigenvalue weighted by molar-refractivity contribution is 0.0896. The number of nitrogens with zero attached hydrogens (tertiary/aromatic N) is 2. The highest BCUT2D eigenvalue weighted by Gasteiger charge is 2.36.